The van der Waals surface area contributed by atoms with E-state index in [0.717, 1.165) is 0 Å². The van der Waals surface area contributed by atoms with E-state index in [4.69, 9.17) is 4.43 Å². The highest BCUT2D eigenvalue weighted by molar-refractivity contribution is 6.74. The van der Waals surface area contributed by atoms with Crippen LogP contribution in [0.15, 0.2) is 18.2 Å². The lowest BCUT2D eigenvalue weighted by Gasteiger charge is -2.36. The Morgan fingerprint density at radius 3 is 2.43 bits per heavy atom. The van der Waals surface area contributed by atoms with Crippen molar-refractivity contribution in [1.82, 2.24) is 0 Å². The number of aliphatic hydroxyl groups excluding tert-OH is 1. The van der Waals surface area contributed by atoms with Crippen LogP contribution in [0, 0.1) is 5.82 Å². The second-order valence-electron chi connectivity index (χ2n) is 8.02. The van der Waals surface area contributed by atoms with Crippen molar-refractivity contribution in [3.63, 3.8) is 0 Å². The Hall–Kier alpha value is -0.913. The Kier molecular flexibility index (Phi) is 5.54. The summed E-state index contributed by atoms with van der Waals surface area (Å²) in [6.07, 6.45) is 1.15. The first-order valence-corrected chi connectivity index (χ1v) is 11.4. The molecule has 3 nitrogen and oxygen atoms in total. The summed E-state index contributed by atoms with van der Waals surface area (Å²) in [5.41, 5.74) is 1.26. The fourth-order valence-corrected chi connectivity index (χ4v) is 3.45. The lowest BCUT2D eigenvalue weighted by Crippen LogP contribution is -2.40. The molecule has 0 saturated carbocycles. The van der Waals surface area contributed by atoms with E-state index in [1.807, 2.05) is 23.1 Å². The number of aliphatic hydroxyl groups is 1. The van der Waals surface area contributed by atoms with Gasteiger partial charge in [-0.2, -0.15) is 0 Å². The molecular formula is C18H30FNO2Si. The minimum absolute atomic E-state index is 0.115. The summed E-state index contributed by atoms with van der Waals surface area (Å²) < 4.78 is 21.0. The molecule has 130 valence electrons. The van der Waals surface area contributed by atoms with Crippen molar-refractivity contribution in [2.45, 2.75) is 64.5 Å². The second kappa shape index (κ2) is 6.91. The van der Waals surface area contributed by atoms with Gasteiger partial charge in [-0.25, -0.2) is 4.39 Å². The Balaban J connectivity index is 2.11. The number of rotatable bonds is 4. The van der Waals surface area contributed by atoms with E-state index in [-0.39, 0.29) is 17.0 Å². The number of nitrogens with zero attached hydrogens (tertiary/aromatic N) is 1. The van der Waals surface area contributed by atoms with E-state index < -0.39 is 8.32 Å². The number of anilines is 1. The van der Waals surface area contributed by atoms with Gasteiger partial charge in [-0.05, 0) is 37.0 Å². The van der Waals surface area contributed by atoms with Gasteiger partial charge in [-0.3, -0.25) is 0 Å². The van der Waals surface area contributed by atoms with Crippen LogP contribution in [0.1, 0.15) is 39.2 Å². The van der Waals surface area contributed by atoms with Crippen LogP contribution in [-0.4, -0.2) is 32.6 Å². The zero-order valence-electron chi connectivity index (χ0n) is 15.0. The summed E-state index contributed by atoms with van der Waals surface area (Å²) in [4.78, 5) is 2.03. The summed E-state index contributed by atoms with van der Waals surface area (Å²) in [7, 11) is -1.89. The Bertz CT molecular complexity index is 534. The highest BCUT2D eigenvalue weighted by Crippen LogP contribution is 2.37. The predicted octanol–water partition coefficient (Wildman–Crippen LogP) is 4.31. The molecule has 0 amide bonds. The van der Waals surface area contributed by atoms with Crippen molar-refractivity contribution >= 4 is 14.0 Å². The average molecular weight is 340 g/mol. The molecule has 0 atom stereocenters. The van der Waals surface area contributed by atoms with Crippen LogP contribution in [0.25, 0.3) is 0 Å². The lowest BCUT2D eigenvalue weighted by atomic mass is 10.1. The Labute approximate surface area is 140 Å². The smallest absolute Gasteiger partial charge is 0.192 e. The maximum atomic E-state index is 14.9. The van der Waals surface area contributed by atoms with Crippen LogP contribution in [-0.2, 0) is 11.0 Å². The monoisotopic (exact) mass is 339 g/mol. The first kappa shape index (κ1) is 18.4. The zero-order valence-corrected chi connectivity index (χ0v) is 16.0. The molecule has 1 aliphatic heterocycles. The molecule has 1 fully saturated rings. The van der Waals surface area contributed by atoms with Crippen LogP contribution < -0.4 is 4.90 Å². The van der Waals surface area contributed by atoms with E-state index in [1.54, 1.807) is 0 Å². The summed E-state index contributed by atoms with van der Waals surface area (Å²) in [6, 6.07) is 5.53. The molecule has 0 bridgehead atoms. The topological polar surface area (TPSA) is 32.7 Å². The van der Waals surface area contributed by atoms with Crippen LogP contribution in [0.2, 0.25) is 18.1 Å². The van der Waals surface area contributed by atoms with E-state index in [1.165, 1.54) is 0 Å². The molecule has 1 aromatic carbocycles. The van der Waals surface area contributed by atoms with Gasteiger partial charge in [-0.15, -0.1) is 0 Å². The van der Waals surface area contributed by atoms with Gasteiger partial charge in [0.05, 0.1) is 18.4 Å². The maximum Gasteiger partial charge on any atom is 0.192 e. The van der Waals surface area contributed by atoms with Gasteiger partial charge in [-0.1, -0.05) is 32.9 Å². The summed E-state index contributed by atoms with van der Waals surface area (Å²) in [5.74, 6) is -0.178. The van der Waals surface area contributed by atoms with Gasteiger partial charge in [0.25, 0.3) is 0 Å². The van der Waals surface area contributed by atoms with Crippen LogP contribution >= 0.6 is 0 Å². The number of piperidine rings is 1. The average Bonchev–Trinajstić information content (AvgIpc) is 2.46. The summed E-state index contributed by atoms with van der Waals surface area (Å²) in [6.45, 7) is 12.6. The third-order valence-electron chi connectivity index (χ3n) is 5.26. The van der Waals surface area contributed by atoms with Crippen LogP contribution in [0.4, 0.5) is 10.1 Å². The Morgan fingerprint density at radius 2 is 1.87 bits per heavy atom. The normalized spacial score (nSPS) is 17.6. The minimum atomic E-state index is -1.89. The molecule has 1 aliphatic rings. The molecule has 1 saturated heterocycles. The molecule has 1 heterocycles. The van der Waals surface area contributed by atoms with Crippen molar-refractivity contribution in [1.29, 1.82) is 0 Å². The van der Waals surface area contributed by atoms with Crippen molar-refractivity contribution < 1.29 is 13.9 Å². The Morgan fingerprint density at radius 1 is 1.26 bits per heavy atom. The largest absolute Gasteiger partial charge is 0.412 e. The van der Waals surface area contributed by atoms with E-state index in [2.05, 4.69) is 33.9 Å². The summed E-state index contributed by atoms with van der Waals surface area (Å²) in [5, 5.41) is 9.73. The fourth-order valence-electron chi connectivity index (χ4n) is 2.50. The SMILES string of the molecule is CC(C)(C)[Si](C)(C)OCc1cccc(N2CCC(O)CC2)c1F. The molecule has 0 unspecified atom stereocenters. The standard InChI is InChI=1S/C18H30FNO2Si/c1-18(2,3)23(4,5)22-13-14-7-6-8-16(17(14)19)20-11-9-15(21)10-12-20/h6-8,15,21H,9-13H2,1-5H3. The quantitative estimate of drug-likeness (QED) is 0.830. The third kappa shape index (κ3) is 4.34. The summed E-state index contributed by atoms with van der Waals surface area (Å²) >= 11 is 0. The van der Waals surface area contributed by atoms with Gasteiger partial charge in [0, 0.05) is 18.7 Å². The zero-order chi connectivity index (χ0) is 17.3. The van der Waals surface area contributed by atoms with Crippen molar-refractivity contribution in [3.8, 4) is 0 Å². The number of hydrogen-bond acceptors (Lipinski definition) is 3. The first-order chi connectivity index (χ1) is 10.6. The first-order valence-electron chi connectivity index (χ1n) is 8.46. The van der Waals surface area contributed by atoms with Gasteiger partial charge in [0.2, 0.25) is 0 Å². The van der Waals surface area contributed by atoms with Crippen molar-refractivity contribution in [2.24, 2.45) is 0 Å². The van der Waals surface area contributed by atoms with E-state index in [9.17, 15) is 9.50 Å². The minimum Gasteiger partial charge on any atom is -0.412 e. The molecule has 1 N–H and O–H groups in total. The van der Waals surface area contributed by atoms with Crippen LogP contribution in [0.3, 0.4) is 0 Å². The van der Waals surface area contributed by atoms with Crippen molar-refractivity contribution in [2.75, 3.05) is 18.0 Å². The molecule has 23 heavy (non-hydrogen) atoms. The second-order valence-corrected chi connectivity index (χ2v) is 12.8. The molecule has 0 aromatic heterocycles. The number of benzene rings is 1. The van der Waals surface area contributed by atoms with Crippen molar-refractivity contribution in [3.05, 3.63) is 29.6 Å². The molecule has 0 radical (unpaired) electrons. The fraction of sp³-hybridized carbons (Fsp3) is 0.667. The lowest BCUT2D eigenvalue weighted by molar-refractivity contribution is 0.145. The molecule has 2 rings (SSSR count). The maximum absolute atomic E-state index is 14.9. The highest BCUT2D eigenvalue weighted by Gasteiger charge is 2.37. The van der Waals surface area contributed by atoms with Gasteiger partial charge < -0.3 is 14.4 Å². The van der Waals surface area contributed by atoms with E-state index >= 15 is 0 Å². The molecule has 5 heteroatoms. The predicted molar refractivity (Wildman–Crippen MR) is 95.8 cm³/mol. The number of halogens is 1. The molecular weight excluding hydrogens is 309 g/mol. The van der Waals surface area contributed by atoms with Gasteiger partial charge in [0.1, 0.15) is 0 Å². The van der Waals surface area contributed by atoms with E-state index in [0.29, 0.717) is 43.8 Å². The van der Waals surface area contributed by atoms with Crippen LogP contribution in [0.5, 0.6) is 0 Å². The molecule has 0 aliphatic carbocycles. The molecule has 1 aromatic rings. The van der Waals surface area contributed by atoms with Gasteiger partial charge in [0.15, 0.2) is 14.1 Å². The highest BCUT2D eigenvalue weighted by atomic mass is 28.4. The number of hydrogen-bond donors (Lipinski definition) is 1. The third-order valence-corrected chi connectivity index (χ3v) is 9.74. The molecule has 0 spiro atoms. The van der Waals surface area contributed by atoms with Gasteiger partial charge >= 0.3 is 0 Å².